The zero-order valence-electron chi connectivity index (χ0n) is 10.6. The number of aromatic nitrogens is 4. The molecule has 20 heavy (non-hydrogen) atoms. The van der Waals surface area contributed by atoms with Gasteiger partial charge in [0.15, 0.2) is 5.16 Å². The van der Waals surface area contributed by atoms with Crippen molar-refractivity contribution < 1.29 is 4.74 Å². The number of imidazole rings is 1. The zero-order valence-corrected chi connectivity index (χ0v) is 11.4. The third kappa shape index (κ3) is 2.51. The summed E-state index contributed by atoms with van der Waals surface area (Å²) in [5.41, 5.74) is 4.27. The number of methoxy groups -OCH3 is 1. The molecule has 3 aromatic rings. The number of nitrogens with two attached hydrogens (primary N) is 1. The van der Waals surface area contributed by atoms with Crippen LogP contribution in [0.15, 0.2) is 40.8 Å². The molecule has 0 unspecified atom stereocenters. The minimum absolute atomic E-state index is 0.556. The Kier molecular flexibility index (Phi) is 3.40. The van der Waals surface area contributed by atoms with Crippen LogP contribution in [0, 0.1) is 0 Å². The maximum atomic E-state index is 5.32. The first-order chi connectivity index (χ1) is 9.78. The fourth-order valence-corrected chi connectivity index (χ4v) is 2.49. The zero-order chi connectivity index (χ0) is 13.9. The van der Waals surface area contributed by atoms with Crippen LogP contribution >= 0.6 is 11.8 Å². The summed E-state index contributed by atoms with van der Waals surface area (Å²) in [4.78, 5) is 15.8. The Morgan fingerprint density at radius 3 is 3.00 bits per heavy atom. The van der Waals surface area contributed by atoms with Crippen LogP contribution in [-0.2, 0) is 0 Å². The number of nitrogens with one attached hydrogen (secondary N) is 2. The quantitative estimate of drug-likeness (QED) is 0.382. The van der Waals surface area contributed by atoms with Crippen molar-refractivity contribution in [3.63, 3.8) is 0 Å². The fraction of sp³-hybridized carbons (Fsp3) is 0.0833. The molecular formula is C12H12N6OS. The van der Waals surface area contributed by atoms with Crippen LogP contribution in [0.2, 0.25) is 0 Å². The Morgan fingerprint density at radius 1 is 1.30 bits per heavy atom. The molecule has 0 bridgehead atoms. The molecule has 3 rings (SSSR count). The fourth-order valence-electron chi connectivity index (χ4n) is 1.71. The van der Waals surface area contributed by atoms with Crippen LogP contribution < -0.4 is 16.0 Å². The van der Waals surface area contributed by atoms with Gasteiger partial charge in [0, 0.05) is 12.1 Å². The molecule has 0 atom stereocenters. The van der Waals surface area contributed by atoms with Crippen molar-refractivity contribution in [3.8, 4) is 5.75 Å². The van der Waals surface area contributed by atoms with Gasteiger partial charge in [0.2, 0.25) is 0 Å². The number of fused-ring (bicyclic) bond motifs is 1. The van der Waals surface area contributed by atoms with Gasteiger partial charge < -0.3 is 15.1 Å². The summed E-state index contributed by atoms with van der Waals surface area (Å²) >= 11 is 1.40. The monoisotopic (exact) mass is 288 g/mol. The number of hydrazine groups is 1. The highest BCUT2D eigenvalue weighted by Gasteiger charge is 2.07. The summed E-state index contributed by atoms with van der Waals surface area (Å²) in [6.07, 6.45) is 1.45. The highest BCUT2D eigenvalue weighted by Crippen LogP contribution is 2.27. The first-order valence-corrected chi connectivity index (χ1v) is 6.60. The number of hydrogen-bond acceptors (Lipinski definition) is 7. The summed E-state index contributed by atoms with van der Waals surface area (Å²) in [6.45, 7) is 0. The average molecular weight is 288 g/mol. The highest BCUT2D eigenvalue weighted by atomic mass is 32.2. The second kappa shape index (κ2) is 5.35. The second-order valence-corrected chi connectivity index (χ2v) is 4.92. The number of anilines is 1. The van der Waals surface area contributed by atoms with E-state index in [4.69, 9.17) is 10.6 Å². The molecule has 0 aliphatic heterocycles. The number of hydrogen-bond donors (Lipinski definition) is 3. The molecule has 2 aromatic heterocycles. The van der Waals surface area contributed by atoms with Crippen LogP contribution in [0.1, 0.15) is 0 Å². The molecule has 8 heteroatoms. The van der Waals surface area contributed by atoms with E-state index < -0.39 is 0 Å². The third-order valence-electron chi connectivity index (χ3n) is 2.66. The molecule has 102 valence electrons. The lowest BCUT2D eigenvalue weighted by atomic mass is 10.3. The van der Waals surface area contributed by atoms with E-state index in [2.05, 4.69) is 25.4 Å². The predicted octanol–water partition coefficient (Wildman–Crippen LogP) is 1.80. The van der Waals surface area contributed by atoms with E-state index in [-0.39, 0.29) is 0 Å². The van der Waals surface area contributed by atoms with Gasteiger partial charge >= 0.3 is 0 Å². The lowest BCUT2D eigenvalue weighted by Crippen LogP contribution is -2.08. The minimum atomic E-state index is 0.556. The number of H-pyrrole nitrogens is 1. The molecule has 0 fully saturated rings. The van der Waals surface area contributed by atoms with E-state index in [1.54, 1.807) is 13.2 Å². The van der Waals surface area contributed by atoms with Crippen LogP contribution in [0.25, 0.3) is 11.0 Å². The maximum Gasteiger partial charge on any atom is 0.172 e. The summed E-state index contributed by atoms with van der Waals surface area (Å²) in [7, 11) is 1.63. The minimum Gasteiger partial charge on any atom is -0.497 e. The first kappa shape index (κ1) is 12.7. The molecule has 0 saturated carbocycles. The Labute approximate surface area is 118 Å². The van der Waals surface area contributed by atoms with Gasteiger partial charge in [-0.15, -0.1) is 0 Å². The average Bonchev–Trinajstić information content (AvgIpc) is 2.88. The number of ether oxygens (including phenoxy) is 1. The maximum absolute atomic E-state index is 5.32. The number of nitrogens with zero attached hydrogens (tertiary/aromatic N) is 3. The van der Waals surface area contributed by atoms with E-state index >= 15 is 0 Å². The summed E-state index contributed by atoms with van der Waals surface area (Å²) in [6, 6.07) is 7.43. The van der Waals surface area contributed by atoms with Gasteiger partial charge in [0.05, 0.1) is 18.1 Å². The summed E-state index contributed by atoms with van der Waals surface area (Å²) in [5.74, 6) is 6.66. The molecule has 0 radical (unpaired) electrons. The van der Waals surface area contributed by atoms with Gasteiger partial charge in [-0.1, -0.05) is 0 Å². The Balaban J connectivity index is 1.90. The molecule has 7 nitrogen and oxygen atoms in total. The van der Waals surface area contributed by atoms with Crippen LogP contribution in [0.4, 0.5) is 5.82 Å². The van der Waals surface area contributed by atoms with E-state index in [1.165, 1.54) is 18.1 Å². The SMILES string of the molecule is COc1ccc2nc(Sc3cc(NN)ncn3)[nH]c2c1. The molecule has 1 aromatic carbocycles. The smallest absolute Gasteiger partial charge is 0.172 e. The van der Waals surface area contributed by atoms with E-state index in [1.807, 2.05) is 18.2 Å². The van der Waals surface area contributed by atoms with Crippen LogP contribution in [-0.4, -0.2) is 27.0 Å². The lowest BCUT2D eigenvalue weighted by molar-refractivity contribution is 0.415. The number of aromatic amines is 1. The molecule has 2 heterocycles. The second-order valence-electron chi connectivity index (χ2n) is 3.91. The topological polar surface area (TPSA) is 102 Å². The van der Waals surface area contributed by atoms with E-state index in [0.717, 1.165) is 27.0 Å². The molecule has 0 aliphatic rings. The van der Waals surface area contributed by atoms with Gasteiger partial charge in [-0.05, 0) is 23.9 Å². The van der Waals surface area contributed by atoms with Crippen molar-refractivity contribution in [2.45, 2.75) is 10.2 Å². The number of nitrogen functional groups attached to an aromatic ring is 1. The number of rotatable bonds is 4. The highest BCUT2D eigenvalue weighted by molar-refractivity contribution is 7.99. The van der Waals surface area contributed by atoms with Crippen molar-refractivity contribution in [1.82, 2.24) is 19.9 Å². The molecule has 0 spiro atoms. The molecule has 4 N–H and O–H groups in total. The largest absolute Gasteiger partial charge is 0.497 e. The Bertz CT molecular complexity index is 744. The summed E-state index contributed by atoms with van der Waals surface area (Å²) in [5, 5.41) is 1.49. The van der Waals surface area contributed by atoms with E-state index in [9.17, 15) is 0 Å². The van der Waals surface area contributed by atoms with Gasteiger partial charge in [-0.25, -0.2) is 20.8 Å². The van der Waals surface area contributed by atoms with Gasteiger partial charge in [0.25, 0.3) is 0 Å². The summed E-state index contributed by atoms with van der Waals surface area (Å²) < 4.78 is 5.18. The molecular weight excluding hydrogens is 276 g/mol. The van der Waals surface area contributed by atoms with Gasteiger partial charge in [0.1, 0.15) is 22.9 Å². The van der Waals surface area contributed by atoms with Crippen molar-refractivity contribution in [2.75, 3.05) is 12.5 Å². The van der Waals surface area contributed by atoms with Crippen molar-refractivity contribution in [1.29, 1.82) is 0 Å². The van der Waals surface area contributed by atoms with Gasteiger partial charge in [-0.2, -0.15) is 0 Å². The standard InChI is InChI=1S/C12H12N6OS/c1-19-7-2-3-8-9(4-7)17-12(16-8)20-11-5-10(18-13)14-6-15-11/h2-6H,13H2,1H3,(H,16,17)(H,14,15,18). The normalized spacial score (nSPS) is 10.7. The van der Waals surface area contributed by atoms with Crippen LogP contribution in [0.3, 0.4) is 0 Å². The van der Waals surface area contributed by atoms with Gasteiger partial charge in [-0.3, -0.25) is 0 Å². The number of benzene rings is 1. The van der Waals surface area contributed by atoms with Crippen molar-refractivity contribution >= 4 is 28.6 Å². The Hall–Kier alpha value is -2.32. The van der Waals surface area contributed by atoms with Crippen LogP contribution in [0.5, 0.6) is 5.75 Å². The molecule has 0 saturated heterocycles. The van der Waals surface area contributed by atoms with Crippen molar-refractivity contribution in [2.24, 2.45) is 5.84 Å². The third-order valence-corrected chi connectivity index (χ3v) is 3.48. The van der Waals surface area contributed by atoms with E-state index in [0.29, 0.717) is 5.82 Å². The molecule has 0 aliphatic carbocycles. The Morgan fingerprint density at radius 2 is 2.20 bits per heavy atom. The molecule has 0 amide bonds. The first-order valence-electron chi connectivity index (χ1n) is 5.79. The van der Waals surface area contributed by atoms with Crippen molar-refractivity contribution in [3.05, 3.63) is 30.6 Å². The predicted molar refractivity (Wildman–Crippen MR) is 76.6 cm³/mol. The lowest BCUT2D eigenvalue weighted by Gasteiger charge is -2.00.